The molecule has 1 N–H and O–H groups in total. The van der Waals surface area contributed by atoms with Crippen LogP contribution in [-0.4, -0.2) is 18.1 Å². The van der Waals surface area contributed by atoms with Crippen LogP contribution in [0.4, 0.5) is 5.69 Å². The van der Waals surface area contributed by atoms with Crippen molar-refractivity contribution in [1.82, 2.24) is 0 Å². The molecule has 0 saturated carbocycles. The Balaban J connectivity index is 2.21. The van der Waals surface area contributed by atoms with Crippen molar-refractivity contribution in [3.63, 3.8) is 0 Å². The van der Waals surface area contributed by atoms with Crippen molar-refractivity contribution in [2.75, 3.05) is 5.32 Å². The molecule has 1 saturated heterocycles. The Kier molecular flexibility index (Phi) is 4.55. The third-order valence-electron chi connectivity index (χ3n) is 4.29. The first-order valence-corrected chi connectivity index (χ1v) is 7.83. The van der Waals surface area contributed by atoms with Gasteiger partial charge in [-0.1, -0.05) is 22.9 Å². The molecule has 4 heteroatoms. The van der Waals surface area contributed by atoms with Gasteiger partial charge in [0.1, 0.15) is 0 Å². The molecule has 1 aliphatic rings. The van der Waals surface area contributed by atoms with E-state index in [0.29, 0.717) is 0 Å². The SMILES string of the molecule is Cc1cc(Br)cc(C)c1NC(=O)C1C(C)OC(C)C1C. The van der Waals surface area contributed by atoms with E-state index in [0.717, 1.165) is 21.3 Å². The molecule has 1 aromatic carbocycles. The zero-order valence-corrected chi connectivity index (χ0v) is 14.2. The molecule has 1 amide bonds. The first-order valence-electron chi connectivity index (χ1n) is 7.04. The summed E-state index contributed by atoms with van der Waals surface area (Å²) in [4.78, 5) is 12.6. The van der Waals surface area contributed by atoms with Gasteiger partial charge in [-0.05, 0) is 56.9 Å². The van der Waals surface area contributed by atoms with Crippen LogP contribution in [0, 0.1) is 25.7 Å². The second-order valence-corrected chi connectivity index (χ2v) is 6.75. The number of anilines is 1. The van der Waals surface area contributed by atoms with Crippen LogP contribution < -0.4 is 5.32 Å². The van der Waals surface area contributed by atoms with Gasteiger partial charge in [0.15, 0.2) is 0 Å². The third kappa shape index (κ3) is 2.91. The highest BCUT2D eigenvalue weighted by molar-refractivity contribution is 9.10. The molecule has 0 radical (unpaired) electrons. The minimum Gasteiger partial charge on any atom is -0.374 e. The van der Waals surface area contributed by atoms with Gasteiger partial charge < -0.3 is 10.1 Å². The molecule has 3 nitrogen and oxygen atoms in total. The van der Waals surface area contributed by atoms with Gasteiger partial charge in [-0.2, -0.15) is 0 Å². The molecule has 20 heavy (non-hydrogen) atoms. The number of aryl methyl sites for hydroxylation is 2. The molecule has 1 aromatic rings. The maximum absolute atomic E-state index is 12.6. The Bertz CT molecular complexity index is 506. The number of nitrogens with one attached hydrogen (secondary N) is 1. The van der Waals surface area contributed by atoms with Gasteiger partial charge in [-0.25, -0.2) is 0 Å². The lowest BCUT2D eigenvalue weighted by Gasteiger charge is -2.20. The molecular formula is C16H22BrNO2. The van der Waals surface area contributed by atoms with E-state index in [1.165, 1.54) is 0 Å². The number of ether oxygens (including phenoxy) is 1. The van der Waals surface area contributed by atoms with Crippen LogP contribution >= 0.6 is 15.9 Å². The zero-order chi connectivity index (χ0) is 15.0. The van der Waals surface area contributed by atoms with E-state index in [1.807, 2.05) is 39.8 Å². The fraction of sp³-hybridized carbons (Fsp3) is 0.562. The molecule has 1 fully saturated rings. The summed E-state index contributed by atoms with van der Waals surface area (Å²) >= 11 is 3.47. The minimum absolute atomic E-state index is 0.0314. The summed E-state index contributed by atoms with van der Waals surface area (Å²) in [6.07, 6.45) is 0.101. The molecule has 0 spiro atoms. The number of amides is 1. The lowest BCUT2D eigenvalue weighted by atomic mass is 9.88. The van der Waals surface area contributed by atoms with Gasteiger partial charge in [0.05, 0.1) is 18.1 Å². The fourth-order valence-corrected chi connectivity index (χ4v) is 3.72. The normalized spacial score (nSPS) is 29.5. The second kappa shape index (κ2) is 5.86. The number of hydrogen-bond acceptors (Lipinski definition) is 2. The summed E-state index contributed by atoms with van der Waals surface area (Å²) in [6.45, 7) is 10.1. The van der Waals surface area contributed by atoms with Crippen molar-refractivity contribution < 1.29 is 9.53 Å². The molecule has 110 valence electrons. The maximum atomic E-state index is 12.6. The van der Waals surface area contributed by atoms with Crippen LogP contribution in [0.5, 0.6) is 0 Å². The number of halogens is 1. The average molecular weight is 340 g/mol. The molecule has 2 rings (SSSR count). The standard InChI is InChI=1S/C16H22BrNO2/c1-8-6-13(17)7-9(2)15(8)18-16(19)14-10(3)11(4)20-12(14)5/h6-7,10-12,14H,1-5H3,(H,18,19). The van der Waals surface area contributed by atoms with Gasteiger partial charge in [0, 0.05) is 10.2 Å². The number of carbonyl (C=O) groups is 1. The molecule has 1 aliphatic heterocycles. The number of hydrogen-bond donors (Lipinski definition) is 1. The van der Waals surface area contributed by atoms with Crippen molar-refractivity contribution in [2.24, 2.45) is 11.8 Å². The molecule has 1 heterocycles. The van der Waals surface area contributed by atoms with Gasteiger partial charge in [0.25, 0.3) is 0 Å². The van der Waals surface area contributed by atoms with Crippen LogP contribution in [0.25, 0.3) is 0 Å². The van der Waals surface area contributed by atoms with Crippen molar-refractivity contribution in [1.29, 1.82) is 0 Å². The highest BCUT2D eigenvalue weighted by Gasteiger charge is 2.41. The highest BCUT2D eigenvalue weighted by Crippen LogP contribution is 2.34. The number of rotatable bonds is 2. The number of carbonyl (C=O) groups excluding carboxylic acids is 1. The maximum Gasteiger partial charge on any atom is 0.230 e. The van der Waals surface area contributed by atoms with E-state index in [9.17, 15) is 4.79 Å². The summed E-state index contributed by atoms with van der Waals surface area (Å²) in [5.74, 6) is 0.205. The molecule has 0 bridgehead atoms. The van der Waals surface area contributed by atoms with Crippen molar-refractivity contribution >= 4 is 27.5 Å². The van der Waals surface area contributed by atoms with E-state index in [4.69, 9.17) is 4.74 Å². The molecule has 0 aromatic heterocycles. The fourth-order valence-electron chi connectivity index (χ4n) is 3.03. The Morgan fingerprint density at radius 3 is 2.15 bits per heavy atom. The van der Waals surface area contributed by atoms with Crippen LogP contribution in [0.15, 0.2) is 16.6 Å². The summed E-state index contributed by atoms with van der Waals surface area (Å²) in [7, 11) is 0. The van der Waals surface area contributed by atoms with E-state index < -0.39 is 0 Å². The average Bonchev–Trinajstić information content (AvgIpc) is 2.58. The van der Waals surface area contributed by atoms with Crippen LogP contribution in [0.1, 0.15) is 31.9 Å². The highest BCUT2D eigenvalue weighted by atomic mass is 79.9. The first kappa shape index (κ1) is 15.5. The quantitative estimate of drug-likeness (QED) is 0.882. The Hall–Kier alpha value is -0.870. The largest absolute Gasteiger partial charge is 0.374 e. The summed E-state index contributed by atoms with van der Waals surface area (Å²) in [6, 6.07) is 4.03. The van der Waals surface area contributed by atoms with E-state index >= 15 is 0 Å². The van der Waals surface area contributed by atoms with Crippen LogP contribution in [0.2, 0.25) is 0 Å². The van der Waals surface area contributed by atoms with E-state index in [2.05, 4.69) is 28.2 Å². The summed E-state index contributed by atoms with van der Waals surface area (Å²) in [5, 5.41) is 3.09. The lowest BCUT2D eigenvalue weighted by molar-refractivity contribution is -0.121. The summed E-state index contributed by atoms with van der Waals surface area (Å²) in [5.41, 5.74) is 3.05. The minimum atomic E-state index is -0.0903. The van der Waals surface area contributed by atoms with Crippen molar-refractivity contribution in [3.8, 4) is 0 Å². The monoisotopic (exact) mass is 339 g/mol. The lowest BCUT2D eigenvalue weighted by Crippen LogP contribution is -2.32. The predicted molar refractivity (Wildman–Crippen MR) is 84.9 cm³/mol. The van der Waals surface area contributed by atoms with Crippen molar-refractivity contribution in [2.45, 2.75) is 46.8 Å². The van der Waals surface area contributed by atoms with Gasteiger partial charge in [0.2, 0.25) is 5.91 Å². The number of benzene rings is 1. The molecule has 0 aliphatic carbocycles. The zero-order valence-electron chi connectivity index (χ0n) is 12.7. The first-order chi connectivity index (χ1) is 9.31. The van der Waals surface area contributed by atoms with Gasteiger partial charge >= 0.3 is 0 Å². The second-order valence-electron chi connectivity index (χ2n) is 5.84. The third-order valence-corrected chi connectivity index (χ3v) is 4.75. The van der Waals surface area contributed by atoms with Gasteiger partial charge in [-0.15, -0.1) is 0 Å². The smallest absolute Gasteiger partial charge is 0.230 e. The van der Waals surface area contributed by atoms with Crippen LogP contribution in [-0.2, 0) is 9.53 Å². The molecular weight excluding hydrogens is 318 g/mol. The van der Waals surface area contributed by atoms with Crippen LogP contribution in [0.3, 0.4) is 0 Å². The van der Waals surface area contributed by atoms with Crippen molar-refractivity contribution in [3.05, 3.63) is 27.7 Å². The molecule has 4 unspecified atom stereocenters. The topological polar surface area (TPSA) is 38.3 Å². The van der Waals surface area contributed by atoms with Gasteiger partial charge in [-0.3, -0.25) is 4.79 Å². The molecule has 4 atom stereocenters. The Labute approximate surface area is 129 Å². The Morgan fingerprint density at radius 2 is 1.70 bits per heavy atom. The summed E-state index contributed by atoms with van der Waals surface area (Å²) < 4.78 is 6.79. The van der Waals surface area contributed by atoms with E-state index in [1.54, 1.807) is 0 Å². The predicted octanol–water partition coefficient (Wildman–Crippen LogP) is 4.06. The Morgan fingerprint density at radius 1 is 1.15 bits per heavy atom. The van der Waals surface area contributed by atoms with E-state index in [-0.39, 0.29) is 30.0 Å².